The number of likely N-dealkylation sites (N-methyl/N-ethyl adjacent to an activating group) is 2. The van der Waals surface area contributed by atoms with Gasteiger partial charge in [0.05, 0.1) is 26.4 Å². The van der Waals surface area contributed by atoms with Crippen LogP contribution >= 0.6 is 0 Å². The summed E-state index contributed by atoms with van der Waals surface area (Å²) in [6.07, 6.45) is -6.53. The van der Waals surface area contributed by atoms with Gasteiger partial charge < -0.3 is 29.0 Å². The number of hydrogen-bond donors (Lipinski definition) is 1. The normalized spacial score (nSPS) is 17.5. The lowest BCUT2D eigenvalue weighted by molar-refractivity contribution is -0.671. The van der Waals surface area contributed by atoms with E-state index in [1.807, 2.05) is 0 Å². The molecule has 11 nitrogen and oxygen atoms in total. The fourth-order valence-corrected chi connectivity index (χ4v) is 1.97. The van der Waals surface area contributed by atoms with Crippen molar-refractivity contribution in [3.63, 3.8) is 0 Å². The van der Waals surface area contributed by atoms with E-state index >= 15 is 0 Å². The van der Waals surface area contributed by atoms with Crippen LogP contribution in [-0.4, -0.2) is 104 Å². The van der Waals surface area contributed by atoms with Crippen molar-refractivity contribution in [3.8, 4) is 0 Å². The van der Waals surface area contributed by atoms with Gasteiger partial charge in [-0.3, -0.25) is 9.64 Å². The Kier molecular flexibility index (Phi) is 14.7. The predicted molar refractivity (Wildman–Crippen MR) is 91.1 cm³/mol. The van der Waals surface area contributed by atoms with Gasteiger partial charge in [-0.25, -0.2) is 0 Å². The van der Waals surface area contributed by atoms with E-state index in [-0.39, 0.29) is 13.2 Å². The first-order chi connectivity index (χ1) is 14.9. The lowest BCUT2D eigenvalue weighted by atomic mass is 10.4. The molecule has 1 N–H and O–H groups in total. The van der Waals surface area contributed by atoms with Gasteiger partial charge in [0.25, 0.3) is 0 Å². The zero-order valence-corrected chi connectivity index (χ0v) is 18.1. The minimum atomic E-state index is -5.51. The van der Waals surface area contributed by atoms with Crippen molar-refractivity contribution >= 4 is 0 Å². The van der Waals surface area contributed by atoms with Crippen molar-refractivity contribution in [1.82, 2.24) is 10.2 Å². The Morgan fingerprint density at radius 2 is 1.53 bits per heavy atom. The lowest BCUT2D eigenvalue weighted by Crippen LogP contribution is -2.65. The third kappa shape index (κ3) is 10.4. The van der Waals surface area contributed by atoms with Gasteiger partial charge in [-0.15, -0.1) is 23.0 Å². The Morgan fingerprint density at radius 3 is 1.97 bits per heavy atom. The molecule has 0 aliphatic rings. The van der Waals surface area contributed by atoms with Gasteiger partial charge in [-0.05, 0) is 25.7 Å². The van der Waals surface area contributed by atoms with E-state index in [1.54, 1.807) is 0 Å². The summed E-state index contributed by atoms with van der Waals surface area (Å²) in [6.45, 7) is -6.44. The summed E-state index contributed by atoms with van der Waals surface area (Å²) in [4.78, 5) is 12.2. The Balaban J connectivity index is 6.37. The molecule has 0 heterocycles. The van der Waals surface area contributed by atoms with Crippen molar-refractivity contribution in [3.05, 3.63) is 0 Å². The first-order valence-corrected chi connectivity index (χ1v) is 8.86. The van der Waals surface area contributed by atoms with Crippen LogP contribution in [0, 0.1) is 0 Å². The molecule has 0 fully saturated rings. The average Bonchev–Trinajstić information content (AvgIpc) is 2.70. The highest BCUT2D eigenvalue weighted by Gasteiger charge is 2.67. The van der Waals surface area contributed by atoms with Crippen LogP contribution in [0.2, 0.25) is 0 Å². The molecular weight excluding hydrogens is 466 g/mol. The molecular formula is C15H28F6N2O9. The van der Waals surface area contributed by atoms with E-state index in [0.717, 1.165) is 0 Å². The van der Waals surface area contributed by atoms with Crippen molar-refractivity contribution in [2.45, 2.75) is 31.1 Å². The minimum absolute atomic E-state index is 0.100. The zero-order chi connectivity index (χ0) is 24.8. The molecule has 32 heavy (non-hydrogen) atoms. The number of alkyl halides is 5. The van der Waals surface area contributed by atoms with Gasteiger partial charge in [-0.1, -0.05) is 0 Å². The van der Waals surface area contributed by atoms with E-state index in [9.17, 15) is 26.5 Å². The van der Waals surface area contributed by atoms with E-state index in [1.165, 1.54) is 40.3 Å². The highest BCUT2D eigenvalue weighted by Crippen LogP contribution is 2.39. The molecule has 0 spiro atoms. The van der Waals surface area contributed by atoms with Crippen LogP contribution in [0.15, 0.2) is 0 Å². The molecule has 0 saturated carbocycles. The molecule has 3 atom stereocenters. The molecule has 0 bridgehead atoms. The van der Waals surface area contributed by atoms with Gasteiger partial charge in [-0.2, -0.15) is 13.7 Å². The maximum Gasteiger partial charge on any atom is 0.549 e. The van der Waals surface area contributed by atoms with Crippen LogP contribution in [0.4, 0.5) is 26.5 Å². The Labute approximate surface area is 180 Å². The second-order valence-corrected chi connectivity index (χ2v) is 5.94. The number of ether oxygens (including phenoxy) is 6. The highest BCUT2D eigenvalue weighted by molar-refractivity contribution is 4.74. The maximum absolute atomic E-state index is 13.7. The smallest absolute Gasteiger partial charge is 0.382 e. The van der Waals surface area contributed by atoms with E-state index < -0.39 is 51.0 Å². The van der Waals surface area contributed by atoms with Crippen LogP contribution in [0.3, 0.4) is 0 Å². The van der Waals surface area contributed by atoms with Crippen molar-refractivity contribution < 1.29 is 69.6 Å². The second-order valence-electron chi connectivity index (χ2n) is 5.94. The molecule has 0 aromatic carbocycles. The summed E-state index contributed by atoms with van der Waals surface area (Å²) >= 11 is 0. The molecule has 3 unspecified atom stereocenters. The first-order valence-electron chi connectivity index (χ1n) is 8.86. The van der Waals surface area contributed by atoms with Crippen LogP contribution in [0.25, 0.3) is 0 Å². The summed E-state index contributed by atoms with van der Waals surface area (Å²) in [7, 11) is 6.77. The molecule has 0 saturated heterocycles. The lowest BCUT2D eigenvalue weighted by Gasteiger charge is -2.42. The standard InChI is InChI=1S/C15H28F6N2O9/c1-22-6-7-26-13(31-32-15(18,19)20,28-10-11(25-5)23(2)3)14(30-21,29-12(16)17)27-9-8-24-4/h11-12,22H,6-10H2,1-5H3. The second kappa shape index (κ2) is 15.1. The average molecular weight is 494 g/mol. The van der Waals surface area contributed by atoms with Gasteiger partial charge >= 0.3 is 24.9 Å². The van der Waals surface area contributed by atoms with Gasteiger partial charge in [0.2, 0.25) is 0 Å². The van der Waals surface area contributed by atoms with Gasteiger partial charge in [0, 0.05) is 20.8 Å². The first kappa shape index (κ1) is 31.1. The Bertz CT molecular complexity index is 495. The monoisotopic (exact) mass is 494 g/mol. The van der Waals surface area contributed by atoms with Crippen molar-refractivity contribution in [2.75, 3.05) is 68.3 Å². The van der Waals surface area contributed by atoms with E-state index in [4.69, 9.17) is 18.9 Å². The van der Waals surface area contributed by atoms with Crippen LogP contribution < -0.4 is 5.32 Å². The number of nitrogens with one attached hydrogen (secondary N) is 1. The maximum atomic E-state index is 13.7. The molecule has 0 aromatic heterocycles. The third-order valence-corrected chi connectivity index (χ3v) is 3.45. The van der Waals surface area contributed by atoms with E-state index in [0.29, 0.717) is 0 Å². The molecule has 0 aliphatic carbocycles. The number of rotatable bonds is 19. The Hall–Kier alpha value is -0.860. The summed E-state index contributed by atoms with van der Waals surface area (Å²) in [5.41, 5.74) is 0. The molecule has 0 rings (SSSR count). The summed E-state index contributed by atoms with van der Waals surface area (Å²) < 4.78 is 107. The fraction of sp³-hybridized carbons (Fsp3) is 1.00. The van der Waals surface area contributed by atoms with Gasteiger partial charge in [0.1, 0.15) is 6.23 Å². The molecule has 0 aliphatic heterocycles. The van der Waals surface area contributed by atoms with Crippen molar-refractivity contribution in [1.29, 1.82) is 0 Å². The largest absolute Gasteiger partial charge is 0.549 e. The van der Waals surface area contributed by atoms with Gasteiger partial charge in [0.15, 0.2) is 0 Å². The number of methoxy groups -OCH3 is 2. The summed E-state index contributed by atoms with van der Waals surface area (Å²) in [5.74, 6) is -7.52. The fourth-order valence-electron chi connectivity index (χ4n) is 1.97. The van der Waals surface area contributed by atoms with Crippen LogP contribution in [0.5, 0.6) is 0 Å². The Morgan fingerprint density at radius 1 is 0.906 bits per heavy atom. The summed E-state index contributed by atoms with van der Waals surface area (Å²) in [6, 6.07) is 0. The molecule has 17 heteroatoms. The SMILES string of the molecule is CNCCOC(OCC(OC)N(C)C)(OOC(F)(F)F)C(OF)(OCCOC)OC(F)F. The minimum Gasteiger partial charge on any atom is -0.382 e. The number of hydrogen-bond acceptors (Lipinski definition) is 11. The third-order valence-electron chi connectivity index (χ3n) is 3.45. The zero-order valence-electron chi connectivity index (χ0n) is 18.1. The van der Waals surface area contributed by atoms with E-state index in [2.05, 4.69) is 29.5 Å². The predicted octanol–water partition coefficient (Wildman–Crippen LogP) is 1.35. The topological polar surface area (TPSA) is 98.3 Å². The quantitative estimate of drug-likeness (QED) is 0.0927. The van der Waals surface area contributed by atoms with Crippen LogP contribution in [-0.2, 0) is 43.1 Å². The molecule has 0 aromatic rings. The number of halogens is 6. The molecule has 0 radical (unpaired) electrons. The number of nitrogens with zero attached hydrogens (tertiary/aromatic N) is 1. The molecule has 0 amide bonds. The van der Waals surface area contributed by atoms with Crippen LogP contribution in [0.1, 0.15) is 0 Å². The molecule has 194 valence electrons. The highest BCUT2D eigenvalue weighted by atomic mass is 19.4. The summed E-state index contributed by atoms with van der Waals surface area (Å²) in [5, 5.41) is 2.55. The van der Waals surface area contributed by atoms with Crippen molar-refractivity contribution in [2.24, 2.45) is 0 Å².